The first-order valence-electron chi connectivity index (χ1n) is 10.2. The first-order chi connectivity index (χ1) is 19.8. The highest BCUT2D eigenvalue weighted by atomic mass is 19.2. The van der Waals surface area contributed by atoms with Gasteiger partial charge in [-0.2, -0.15) is 31.6 Å². The number of rotatable bonds is 2. The fourth-order valence-corrected chi connectivity index (χ4v) is 3.74. The summed E-state index contributed by atoms with van der Waals surface area (Å²) in [7, 11) is 0. The second-order valence-electron chi connectivity index (χ2n) is 7.56. The molecule has 0 spiro atoms. The van der Waals surface area contributed by atoms with Gasteiger partial charge in [-0.3, -0.25) is 0 Å². The second kappa shape index (κ2) is 11.0. The van der Waals surface area contributed by atoms with E-state index in [9.17, 15) is 56.2 Å². The second-order valence-corrected chi connectivity index (χ2v) is 7.56. The van der Waals surface area contributed by atoms with Crippen molar-refractivity contribution in [2.24, 2.45) is 0 Å². The van der Waals surface area contributed by atoms with Crippen LogP contribution in [0.5, 0.6) is 0 Å². The summed E-state index contributed by atoms with van der Waals surface area (Å²) in [6, 6.07) is 5.09. The summed E-state index contributed by atoms with van der Waals surface area (Å²) in [4.78, 5) is 0. The summed E-state index contributed by atoms with van der Waals surface area (Å²) in [5, 5.41) is 51.7. The van der Waals surface area contributed by atoms with Gasteiger partial charge in [-0.05, 0) is 0 Å². The Balaban J connectivity index is 2.81. The van der Waals surface area contributed by atoms with E-state index in [0.717, 1.165) is 36.4 Å². The summed E-state index contributed by atoms with van der Waals surface area (Å²) in [6.07, 6.45) is 0. The van der Waals surface area contributed by atoms with E-state index in [1.54, 1.807) is 0 Å². The van der Waals surface area contributed by atoms with Crippen molar-refractivity contribution in [3.63, 3.8) is 0 Å². The Morgan fingerprint density at radius 2 is 0.571 bits per heavy atom. The van der Waals surface area contributed by atoms with Crippen molar-refractivity contribution >= 4 is 11.1 Å². The molecule has 42 heavy (non-hydrogen) atoms. The van der Waals surface area contributed by atoms with Crippen LogP contribution >= 0.6 is 0 Å². The molecule has 0 aromatic heterocycles. The van der Waals surface area contributed by atoms with Gasteiger partial charge in [-0.15, -0.1) is 0 Å². The average molecular weight is 586 g/mol. The molecule has 204 valence electrons. The van der Waals surface area contributed by atoms with Gasteiger partial charge < -0.3 is 0 Å². The van der Waals surface area contributed by atoms with Gasteiger partial charge in [-0.1, -0.05) is 0 Å². The van der Waals surface area contributed by atoms with Gasteiger partial charge in [0.25, 0.3) is 0 Å². The number of hydrogen-bond acceptors (Lipinski definition) is 6. The number of nitrogens with zero attached hydrogens (tertiary/aromatic N) is 6. The molecule has 0 fully saturated rings. The zero-order valence-electron chi connectivity index (χ0n) is 19.5. The van der Waals surface area contributed by atoms with Crippen LogP contribution in [0.15, 0.2) is 0 Å². The van der Waals surface area contributed by atoms with Crippen LogP contribution in [-0.2, 0) is 0 Å². The van der Waals surface area contributed by atoms with Crippen LogP contribution in [0.25, 0.3) is 11.1 Å². The predicted octanol–water partition coefficient (Wildman–Crippen LogP) is 4.01. The van der Waals surface area contributed by atoms with Crippen molar-refractivity contribution in [1.29, 1.82) is 31.6 Å². The van der Waals surface area contributed by atoms with Crippen molar-refractivity contribution in [3.8, 4) is 36.4 Å². The Morgan fingerprint density at radius 3 is 0.762 bits per heavy atom. The maximum absolute atomic E-state index is 15.7. The van der Waals surface area contributed by atoms with Gasteiger partial charge >= 0.3 is 0 Å². The number of nitriles is 6. The van der Waals surface area contributed by atoms with Gasteiger partial charge in [0.1, 0.15) is 47.5 Å². The molecule has 3 aromatic carbocycles. The summed E-state index contributed by atoms with van der Waals surface area (Å²) >= 11 is 0. The summed E-state index contributed by atoms with van der Waals surface area (Å²) < 4.78 is 147. The van der Waals surface area contributed by atoms with Gasteiger partial charge in [0.2, 0.25) is 0 Å². The van der Waals surface area contributed by atoms with Gasteiger partial charge in [-0.25, -0.2) is 43.9 Å². The molecule has 0 saturated heterocycles. The fraction of sp³-hybridized carbons (Fsp3) is 0. The monoisotopic (exact) mass is 586 g/mol. The third kappa shape index (κ3) is 4.09. The molecule has 16 heteroatoms. The van der Waals surface area contributed by atoms with Crippen LogP contribution in [0, 0.1) is 126 Å². The van der Waals surface area contributed by atoms with E-state index in [2.05, 4.69) is 0 Å². The molecule has 0 heterocycles. The van der Waals surface area contributed by atoms with Crippen LogP contribution in [0.3, 0.4) is 0 Å². The van der Waals surface area contributed by atoms with E-state index in [1.807, 2.05) is 0 Å². The molecule has 6 nitrogen and oxygen atoms in total. The number of hydrogen-bond donors (Lipinski definition) is 0. The van der Waals surface area contributed by atoms with Crippen molar-refractivity contribution in [2.45, 2.75) is 0 Å². The first-order valence-corrected chi connectivity index (χ1v) is 10.2. The van der Waals surface area contributed by atoms with E-state index in [1.165, 1.54) is 0 Å². The lowest BCUT2D eigenvalue weighted by molar-refractivity contribution is 0.446. The molecule has 0 unspecified atom stereocenters. The highest BCUT2D eigenvalue weighted by Gasteiger charge is 2.33. The van der Waals surface area contributed by atoms with Gasteiger partial charge in [0.15, 0.2) is 58.2 Å². The van der Waals surface area contributed by atoms with E-state index in [0.29, 0.717) is 0 Å². The van der Waals surface area contributed by atoms with Crippen LogP contribution in [0.4, 0.5) is 43.9 Å². The summed E-state index contributed by atoms with van der Waals surface area (Å²) in [5.74, 6) is -24.2. The SMILES string of the molecule is N#C/C(c1c(F)c(F)c(C#N)c(F)c1F)=c1/c(F)c(C#N)/c(=C(\C#N)c2c(F)c(F)c(C#N)c(F)c2F)c(F)c1C#N. The molecule has 0 aliphatic carbocycles. The number of benzene rings is 3. The quantitative estimate of drug-likeness (QED) is 0.328. The minimum Gasteiger partial charge on any atom is -0.205 e. The lowest BCUT2D eigenvalue weighted by Gasteiger charge is -2.12. The Bertz CT molecular complexity index is 1950. The van der Waals surface area contributed by atoms with E-state index >= 15 is 8.78 Å². The molecule has 0 bridgehead atoms. The molecule has 0 radical (unpaired) electrons. The molecule has 0 aliphatic rings. The Labute approximate surface area is 225 Å². The Hall–Kier alpha value is -6.36. The molecule has 3 aromatic rings. The molecule has 0 amide bonds. The highest BCUT2D eigenvalue weighted by Crippen LogP contribution is 2.30. The van der Waals surface area contributed by atoms with E-state index < -0.39 is 113 Å². The summed E-state index contributed by atoms with van der Waals surface area (Å²) in [6.45, 7) is 0. The maximum Gasteiger partial charge on any atom is 0.180 e. The standard InChI is InChI=1S/C26F10N6/c27-17-10(4-40)14(8(2-38)16-25(35)21(31)12(6-42)22(32)26(16)36)18(28)9(3-39)13(17)7(1-37)15-23(33)19(29)11(5-41)20(30)24(15)34/b13-7-,14-8-. The molecule has 3 rings (SSSR count). The molecule has 0 atom stereocenters. The zero-order chi connectivity index (χ0) is 31.8. The first kappa shape index (κ1) is 30.2. The lowest BCUT2D eigenvalue weighted by Crippen LogP contribution is -2.31. The minimum absolute atomic E-state index is 0.779. The van der Waals surface area contributed by atoms with Crippen molar-refractivity contribution in [2.75, 3.05) is 0 Å². The third-order valence-electron chi connectivity index (χ3n) is 5.58. The average Bonchev–Trinajstić information content (AvgIpc) is 2.97. The lowest BCUT2D eigenvalue weighted by atomic mass is 9.92. The fourth-order valence-electron chi connectivity index (χ4n) is 3.74. The topological polar surface area (TPSA) is 143 Å². The zero-order valence-corrected chi connectivity index (χ0v) is 19.5. The summed E-state index contributed by atoms with van der Waals surface area (Å²) in [5.41, 5.74) is -15.2. The maximum atomic E-state index is 15.7. The van der Waals surface area contributed by atoms with E-state index in [4.69, 9.17) is 10.5 Å². The molecular formula is C26F10N6. The molecule has 0 aliphatic heterocycles. The van der Waals surface area contributed by atoms with Crippen LogP contribution < -0.4 is 10.4 Å². The number of halogens is 10. The van der Waals surface area contributed by atoms with Crippen molar-refractivity contribution in [3.05, 3.63) is 102 Å². The Morgan fingerprint density at radius 1 is 0.333 bits per heavy atom. The van der Waals surface area contributed by atoms with Gasteiger partial charge in [0, 0.05) is 0 Å². The van der Waals surface area contributed by atoms with Crippen LogP contribution in [0.1, 0.15) is 33.4 Å². The molecule has 0 saturated carbocycles. The molecular weight excluding hydrogens is 586 g/mol. The Kier molecular flexibility index (Phi) is 7.92. The van der Waals surface area contributed by atoms with Crippen LogP contribution in [0.2, 0.25) is 0 Å². The largest absolute Gasteiger partial charge is 0.205 e. The van der Waals surface area contributed by atoms with Gasteiger partial charge in [0.05, 0.1) is 43.8 Å². The molecule has 0 N–H and O–H groups in total. The van der Waals surface area contributed by atoms with Crippen molar-refractivity contribution < 1.29 is 43.9 Å². The van der Waals surface area contributed by atoms with E-state index in [-0.39, 0.29) is 0 Å². The van der Waals surface area contributed by atoms with Crippen LogP contribution in [-0.4, -0.2) is 0 Å². The third-order valence-corrected chi connectivity index (χ3v) is 5.58. The normalized spacial score (nSPS) is 11.7. The predicted molar refractivity (Wildman–Crippen MR) is 113 cm³/mol. The smallest absolute Gasteiger partial charge is 0.180 e. The highest BCUT2D eigenvalue weighted by molar-refractivity contribution is 5.82. The van der Waals surface area contributed by atoms with Crippen molar-refractivity contribution in [1.82, 2.24) is 0 Å². The minimum atomic E-state index is -2.50.